The molecule has 4 heteroatoms. The van der Waals surface area contributed by atoms with E-state index in [9.17, 15) is 4.79 Å². The first kappa shape index (κ1) is 19.0. The third kappa shape index (κ3) is 4.39. The number of carbonyl (C=O) groups is 1. The number of benzene rings is 2. The molecular formula is C24H30N2O2. The Bertz CT molecular complexity index is 827. The van der Waals surface area contributed by atoms with Gasteiger partial charge in [-0.25, -0.2) is 0 Å². The molecule has 1 atom stereocenters. The Morgan fingerprint density at radius 3 is 2.71 bits per heavy atom. The number of nitrogens with one attached hydrogen (secondary N) is 1. The largest absolute Gasteiger partial charge is 0.497 e. The molecule has 2 aliphatic rings. The van der Waals surface area contributed by atoms with Gasteiger partial charge in [0.05, 0.1) is 19.6 Å². The molecule has 28 heavy (non-hydrogen) atoms. The van der Waals surface area contributed by atoms with Crippen LogP contribution in [-0.2, 0) is 24.1 Å². The lowest BCUT2D eigenvalue weighted by Gasteiger charge is -2.28. The Balaban J connectivity index is 1.41. The van der Waals surface area contributed by atoms with E-state index in [0.29, 0.717) is 13.0 Å². The van der Waals surface area contributed by atoms with E-state index in [4.69, 9.17) is 4.74 Å². The number of carbonyl (C=O) groups excluding carboxylic acids is 1. The zero-order valence-electron chi connectivity index (χ0n) is 16.7. The summed E-state index contributed by atoms with van der Waals surface area (Å²) in [4.78, 5) is 15.1. The number of amides is 1. The van der Waals surface area contributed by atoms with Crippen molar-refractivity contribution in [2.75, 3.05) is 26.7 Å². The summed E-state index contributed by atoms with van der Waals surface area (Å²) >= 11 is 0. The average Bonchev–Trinajstić information content (AvgIpc) is 3.40. The number of rotatable bonds is 7. The Morgan fingerprint density at radius 2 is 1.89 bits per heavy atom. The van der Waals surface area contributed by atoms with Crippen LogP contribution in [-0.4, -0.2) is 37.6 Å². The molecule has 0 radical (unpaired) electrons. The van der Waals surface area contributed by atoms with Gasteiger partial charge in [-0.1, -0.05) is 30.3 Å². The minimum atomic E-state index is 0.102. The van der Waals surface area contributed by atoms with Crippen molar-refractivity contribution in [3.05, 3.63) is 64.7 Å². The maximum atomic E-state index is 12.6. The maximum Gasteiger partial charge on any atom is 0.224 e. The second-order valence-electron chi connectivity index (χ2n) is 7.97. The minimum Gasteiger partial charge on any atom is -0.497 e. The number of aryl methyl sites for hydroxylation is 2. The van der Waals surface area contributed by atoms with Gasteiger partial charge in [0, 0.05) is 6.54 Å². The van der Waals surface area contributed by atoms with E-state index in [1.54, 1.807) is 7.11 Å². The van der Waals surface area contributed by atoms with E-state index < -0.39 is 0 Å². The Labute approximate surface area is 167 Å². The number of hydrogen-bond donors (Lipinski definition) is 1. The summed E-state index contributed by atoms with van der Waals surface area (Å²) in [7, 11) is 1.70. The van der Waals surface area contributed by atoms with Crippen molar-refractivity contribution in [3.8, 4) is 5.75 Å². The molecule has 2 aromatic rings. The number of methoxy groups -OCH3 is 1. The number of likely N-dealkylation sites (tertiary alicyclic amines) is 1. The predicted molar refractivity (Wildman–Crippen MR) is 112 cm³/mol. The Morgan fingerprint density at radius 1 is 1.07 bits per heavy atom. The van der Waals surface area contributed by atoms with Crippen molar-refractivity contribution >= 4 is 5.91 Å². The van der Waals surface area contributed by atoms with Crippen molar-refractivity contribution in [2.45, 2.75) is 44.6 Å². The Kier molecular flexibility index (Phi) is 5.96. The summed E-state index contributed by atoms with van der Waals surface area (Å²) in [5.41, 5.74) is 5.21. The SMILES string of the molecule is COc1cccc(C(CNC(=O)Cc2ccc3c(c2)CCC3)N2CCCC2)c1. The van der Waals surface area contributed by atoms with Gasteiger partial charge in [-0.2, -0.15) is 0 Å². The highest BCUT2D eigenvalue weighted by atomic mass is 16.5. The maximum absolute atomic E-state index is 12.6. The summed E-state index contributed by atoms with van der Waals surface area (Å²) in [5, 5.41) is 3.19. The van der Waals surface area contributed by atoms with Gasteiger partial charge >= 0.3 is 0 Å². The highest BCUT2D eigenvalue weighted by Gasteiger charge is 2.24. The molecule has 0 saturated carbocycles. The van der Waals surface area contributed by atoms with Crippen LogP contribution in [0.15, 0.2) is 42.5 Å². The summed E-state index contributed by atoms with van der Waals surface area (Å²) < 4.78 is 5.40. The van der Waals surface area contributed by atoms with Crippen LogP contribution in [0.1, 0.15) is 47.6 Å². The smallest absolute Gasteiger partial charge is 0.224 e. The molecule has 2 aromatic carbocycles. The molecule has 1 aliphatic carbocycles. The number of hydrogen-bond acceptors (Lipinski definition) is 3. The van der Waals surface area contributed by atoms with Crippen molar-refractivity contribution in [1.82, 2.24) is 10.2 Å². The normalized spacial score (nSPS) is 17.3. The summed E-state index contributed by atoms with van der Waals surface area (Å²) in [5.74, 6) is 0.969. The van der Waals surface area contributed by atoms with E-state index >= 15 is 0 Å². The van der Waals surface area contributed by atoms with Gasteiger partial charge < -0.3 is 10.1 Å². The molecule has 148 valence electrons. The molecule has 1 unspecified atom stereocenters. The van der Waals surface area contributed by atoms with Gasteiger partial charge in [-0.3, -0.25) is 9.69 Å². The lowest BCUT2D eigenvalue weighted by Crippen LogP contribution is -2.37. The van der Waals surface area contributed by atoms with Crippen LogP contribution in [0.3, 0.4) is 0 Å². The standard InChI is InChI=1S/C24H30N2O2/c1-28-22-9-5-8-21(16-22)23(26-12-2-3-13-26)17-25-24(27)15-18-10-11-19-6-4-7-20(19)14-18/h5,8-11,14,16,23H,2-4,6-7,12-13,15,17H2,1H3,(H,25,27). The molecule has 0 aromatic heterocycles. The first-order chi connectivity index (χ1) is 13.7. The van der Waals surface area contributed by atoms with Gasteiger partial charge in [0.1, 0.15) is 5.75 Å². The zero-order valence-corrected chi connectivity index (χ0v) is 16.7. The quantitative estimate of drug-likeness (QED) is 0.799. The highest BCUT2D eigenvalue weighted by molar-refractivity contribution is 5.78. The number of ether oxygens (including phenoxy) is 1. The second-order valence-corrected chi connectivity index (χ2v) is 7.97. The molecule has 4 nitrogen and oxygen atoms in total. The van der Waals surface area contributed by atoms with Crippen LogP contribution in [0.4, 0.5) is 0 Å². The van der Waals surface area contributed by atoms with Crippen molar-refractivity contribution in [3.63, 3.8) is 0 Å². The summed E-state index contributed by atoms with van der Waals surface area (Å²) in [6.45, 7) is 2.81. The van der Waals surface area contributed by atoms with Crippen LogP contribution in [0.2, 0.25) is 0 Å². The van der Waals surface area contributed by atoms with E-state index in [0.717, 1.165) is 30.8 Å². The topological polar surface area (TPSA) is 41.6 Å². The van der Waals surface area contributed by atoms with Crippen molar-refractivity contribution in [2.24, 2.45) is 0 Å². The van der Waals surface area contributed by atoms with Gasteiger partial charge in [0.25, 0.3) is 0 Å². The lowest BCUT2D eigenvalue weighted by atomic mass is 10.0. The van der Waals surface area contributed by atoms with Gasteiger partial charge in [-0.15, -0.1) is 0 Å². The van der Waals surface area contributed by atoms with Gasteiger partial charge in [-0.05, 0) is 79.6 Å². The number of fused-ring (bicyclic) bond motifs is 1. The molecular weight excluding hydrogens is 348 g/mol. The fourth-order valence-electron chi connectivity index (χ4n) is 4.55. The van der Waals surface area contributed by atoms with Crippen LogP contribution >= 0.6 is 0 Å². The molecule has 1 heterocycles. The third-order valence-electron chi connectivity index (χ3n) is 6.08. The molecule has 4 rings (SSSR count). The average molecular weight is 379 g/mol. The van der Waals surface area contributed by atoms with E-state index in [1.165, 1.54) is 42.4 Å². The molecule has 1 saturated heterocycles. The molecule has 1 N–H and O–H groups in total. The van der Waals surface area contributed by atoms with Gasteiger partial charge in [0.15, 0.2) is 0 Å². The van der Waals surface area contributed by atoms with Crippen LogP contribution < -0.4 is 10.1 Å². The van der Waals surface area contributed by atoms with Crippen LogP contribution in [0, 0.1) is 0 Å². The van der Waals surface area contributed by atoms with E-state index in [2.05, 4.69) is 40.5 Å². The van der Waals surface area contributed by atoms with Gasteiger partial charge in [0.2, 0.25) is 5.91 Å². The zero-order chi connectivity index (χ0) is 19.3. The van der Waals surface area contributed by atoms with Crippen molar-refractivity contribution in [1.29, 1.82) is 0 Å². The molecule has 0 bridgehead atoms. The monoisotopic (exact) mass is 378 g/mol. The van der Waals surface area contributed by atoms with E-state index in [1.807, 2.05) is 12.1 Å². The third-order valence-corrected chi connectivity index (χ3v) is 6.08. The first-order valence-corrected chi connectivity index (χ1v) is 10.5. The second kappa shape index (κ2) is 8.78. The Hall–Kier alpha value is -2.33. The van der Waals surface area contributed by atoms with Crippen molar-refractivity contribution < 1.29 is 9.53 Å². The molecule has 1 aliphatic heterocycles. The fourth-order valence-corrected chi connectivity index (χ4v) is 4.55. The van der Waals surface area contributed by atoms with E-state index in [-0.39, 0.29) is 11.9 Å². The molecule has 0 spiro atoms. The lowest BCUT2D eigenvalue weighted by molar-refractivity contribution is -0.120. The van der Waals surface area contributed by atoms with Crippen LogP contribution in [0.25, 0.3) is 0 Å². The summed E-state index contributed by atoms with van der Waals surface area (Å²) in [6, 6.07) is 15.0. The molecule has 1 fully saturated rings. The first-order valence-electron chi connectivity index (χ1n) is 10.5. The minimum absolute atomic E-state index is 0.102. The fraction of sp³-hybridized carbons (Fsp3) is 0.458. The number of nitrogens with zero attached hydrogens (tertiary/aromatic N) is 1. The summed E-state index contributed by atoms with van der Waals surface area (Å²) in [6.07, 6.45) is 6.48. The highest BCUT2D eigenvalue weighted by Crippen LogP contribution is 2.27. The van der Waals surface area contributed by atoms with Crippen LogP contribution in [0.5, 0.6) is 5.75 Å². The molecule has 1 amide bonds. The predicted octanol–water partition coefficient (Wildman–Crippen LogP) is 3.68.